The number of hydrogen-bond donors (Lipinski definition) is 1. The molecule has 0 atom stereocenters. The molecule has 0 spiro atoms. The summed E-state index contributed by atoms with van der Waals surface area (Å²) in [5.41, 5.74) is 4.61. The monoisotopic (exact) mass is 247 g/mol. The average Bonchev–Trinajstić information content (AvgIpc) is 2.25. The van der Waals surface area contributed by atoms with E-state index < -0.39 is 11.5 Å². The zero-order chi connectivity index (χ0) is 13.1. The molecule has 17 heavy (non-hydrogen) atoms. The van der Waals surface area contributed by atoms with Crippen LogP contribution in [0.3, 0.4) is 0 Å². The minimum Gasteiger partial charge on any atom is -0.462 e. The third kappa shape index (κ3) is 10.2. The fourth-order valence-electron chi connectivity index (χ4n) is 0.948. The van der Waals surface area contributed by atoms with E-state index in [1.54, 1.807) is 13.8 Å². The van der Waals surface area contributed by atoms with E-state index in [2.05, 4.69) is 6.92 Å². The molecule has 0 unspecified atom stereocenters. The Bertz CT molecular complexity index is 201. The lowest BCUT2D eigenvalue weighted by Crippen LogP contribution is -2.43. The van der Waals surface area contributed by atoms with Gasteiger partial charge < -0.3 is 19.9 Å². The van der Waals surface area contributed by atoms with Gasteiger partial charge in [-0.2, -0.15) is 0 Å². The Hall–Kier alpha value is -0.650. The van der Waals surface area contributed by atoms with Crippen LogP contribution in [0.4, 0.5) is 0 Å². The van der Waals surface area contributed by atoms with Crippen LogP contribution in [0.2, 0.25) is 0 Å². The maximum atomic E-state index is 11.2. The molecule has 0 aromatic heterocycles. The first-order valence-electron chi connectivity index (χ1n) is 6.10. The minimum atomic E-state index is -0.941. The van der Waals surface area contributed by atoms with Gasteiger partial charge in [-0.15, -0.1) is 0 Å². The van der Waals surface area contributed by atoms with Gasteiger partial charge in [0.15, 0.2) is 0 Å². The lowest BCUT2D eigenvalue weighted by atomic mass is 10.1. The molecule has 0 aliphatic rings. The van der Waals surface area contributed by atoms with Gasteiger partial charge in [0.1, 0.15) is 12.1 Å². The summed E-state index contributed by atoms with van der Waals surface area (Å²) in [5, 5.41) is 0. The van der Waals surface area contributed by atoms with Crippen LogP contribution in [0, 0.1) is 0 Å². The van der Waals surface area contributed by atoms with Gasteiger partial charge in [0.2, 0.25) is 0 Å². The van der Waals surface area contributed by atoms with Crippen LogP contribution >= 0.6 is 0 Å². The molecule has 0 heterocycles. The number of carbonyl (C=O) groups excluding carboxylic acids is 1. The molecule has 2 N–H and O–H groups in total. The molecule has 0 aromatic carbocycles. The Kier molecular flexibility index (Phi) is 9.03. The first-order chi connectivity index (χ1) is 7.98. The minimum absolute atomic E-state index is 0.231. The quantitative estimate of drug-likeness (QED) is 0.462. The third-order valence-corrected chi connectivity index (χ3v) is 2.00. The van der Waals surface area contributed by atoms with E-state index in [1.165, 1.54) is 0 Å². The molecule has 0 bridgehead atoms. The van der Waals surface area contributed by atoms with Gasteiger partial charge in [0.25, 0.3) is 0 Å². The molecule has 0 aromatic rings. The molecule has 0 aliphatic heterocycles. The fraction of sp³-hybridized carbons (Fsp3) is 0.917. The lowest BCUT2D eigenvalue weighted by Gasteiger charge is -2.16. The van der Waals surface area contributed by atoms with Gasteiger partial charge in [-0.1, -0.05) is 13.3 Å². The number of unbranched alkanes of at least 4 members (excludes halogenated alkanes) is 1. The SMILES string of the molecule is CCCCOCCOCCOC(=O)C(C)(C)N. The molecule has 0 amide bonds. The first-order valence-corrected chi connectivity index (χ1v) is 6.10. The Morgan fingerprint density at radius 2 is 1.59 bits per heavy atom. The predicted molar refractivity (Wildman–Crippen MR) is 65.8 cm³/mol. The van der Waals surface area contributed by atoms with E-state index in [0.29, 0.717) is 19.8 Å². The molecule has 0 saturated carbocycles. The molecule has 102 valence electrons. The summed E-state index contributed by atoms with van der Waals surface area (Å²) in [7, 11) is 0. The molecular weight excluding hydrogens is 222 g/mol. The molecule has 0 fully saturated rings. The van der Waals surface area contributed by atoms with Crippen LogP contribution in [0.25, 0.3) is 0 Å². The molecule has 0 rings (SSSR count). The van der Waals surface area contributed by atoms with Crippen molar-refractivity contribution in [2.75, 3.05) is 33.0 Å². The fourth-order valence-corrected chi connectivity index (χ4v) is 0.948. The number of carbonyl (C=O) groups is 1. The summed E-state index contributed by atoms with van der Waals surface area (Å²) in [6, 6.07) is 0. The first kappa shape index (κ1) is 16.4. The number of esters is 1. The summed E-state index contributed by atoms with van der Waals surface area (Å²) in [6.07, 6.45) is 2.20. The van der Waals surface area contributed by atoms with Crippen molar-refractivity contribution in [2.45, 2.75) is 39.2 Å². The number of hydrogen-bond acceptors (Lipinski definition) is 5. The summed E-state index contributed by atoms with van der Waals surface area (Å²) in [4.78, 5) is 11.2. The van der Waals surface area contributed by atoms with Crippen LogP contribution in [0.15, 0.2) is 0 Å². The normalized spacial score (nSPS) is 11.5. The Balaban J connectivity index is 3.22. The van der Waals surface area contributed by atoms with Crippen molar-refractivity contribution in [1.29, 1.82) is 0 Å². The summed E-state index contributed by atoms with van der Waals surface area (Å²) < 4.78 is 15.5. The van der Waals surface area contributed by atoms with Crippen molar-refractivity contribution in [3.8, 4) is 0 Å². The zero-order valence-electron chi connectivity index (χ0n) is 11.2. The second kappa shape index (κ2) is 9.39. The van der Waals surface area contributed by atoms with Crippen LogP contribution < -0.4 is 5.73 Å². The molecule has 0 saturated heterocycles. The topological polar surface area (TPSA) is 70.8 Å². The largest absolute Gasteiger partial charge is 0.462 e. The highest BCUT2D eigenvalue weighted by atomic mass is 16.6. The van der Waals surface area contributed by atoms with Crippen molar-refractivity contribution in [2.24, 2.45) is 5.73 Å². The molecule has 5 heteroatoms. The molecule has 5 nitrogen and oxygen atoms in total. The predicted octanol–water partition coefficient (Wildman–Crippen LogP) is 1.10. The van der Waals surface area contributed by atoms with Crippen molar-refractivity contribution < 1.29 is 19.0 Å². The molecule has 0 radical (unpaired) electrons. The smallest absolute Gasteiger partial charge is 0.325 e. The van der Waals surface area contributed by atoms with Crippen LogP contribution in [0.1, 0.15) is 33.6 Å². The lowest BCUT2D eigenvalue weighted by molar-refractivity contribution is -0.150. The Morgan fingerprint density at radius 1 is 1.06 bits per heavy atom. The van der Waals surface area contributed by atoms with Gasteiger partial charge in [0.05, 0.1) is 19.8 Å². The van der Waals surface area contributed by atoms with E-state index in [1.807, 2.05) is 0 Å². The van der Waals surface area contributed by atoms with Crippen molar-refractivity contribution >= 4 is 5.97 Å². The second-order valence-corrected chi connectivity index (χ2v) is 4.44. The summed E-state index contributed by atoms with van der Waals surface area (Å²) in [6.45, 7) is 7.82. The number of rotatable bonds is 10. The Labute approximate surface area is 104 Å². The maximum Gasteiger partial charge on any atom is 0.325 e. The number of nitrogens with two attached hydrogens (primary N) is 1. The van der Waals surface area contributed by atoms with Gasteiger partial charge in [-0.25, -0.2) is 0 Å². The Morgan fingerprint density at radius 3 is 2.12 bits per heavy atom. The van der Waals surface area contributed by atoms with E-state index in [-0.39, 0.29) is 6.61 Å². The highest BCUT2D eigenvalue weighted by molar-refractivity contribution is 5.79. The number of ether oxygens (including phenoxy) is 3. The summed E-state index contributed by atoms with van der Waals surface area (Å²) >= 11 is 0. The average molecular weight is 247 g/mol. The zero-order valence-corrected chi connectivity index (χ0v) is 11.2. The third-order valence-electron chi connectivity index (χ3n) is 2.00. The maximum absolute atomic E-state index is 11.2. The van der Waals surface area contributed by atoms with Crippen LogP contribution in [-0.2, 0) is 19.0 Å². The van der Waals surface area contributed by atoms with Gasteiger partial charge in [-0.05, 0) is 20.3 Å². The molecular formula is C12H25NO4. The van der Waals surface area contributed by atoms with Gasteiger partial charge >= 0.3 is 5.97 Å². The highest BCUT2D eigenvalue weighted by Crippen LogP contribution is 1.99. The standard InChI is InChI=1S/C12H25NO4/c1-4-5-6-15-7-8-16-9-10-17-11(14)12(2,3)13/h4-10,13H2,1-3H3. The van der Waals surface area contributed by atoms with E-state index in [4.69, 9.17) is 19.9 Å². The van der Waals surface area contributed by atoms with E-state index >= 15 is 0 Å². The second-order valence-electron chi connectivity index (χ2n) is 4.44. The van der Waals surface area contributed by atoms with Gasteiger partial charge in [-0.3, -0.25) is 4.79 Å². The van der Waals surface area contributed by atoms with E-state index in [9.17, 15) is 4.79 Å². The van der Waals surface area contributed by atoms with Crippen LogP contribution in [0.5, 0.6) is 0 Å². The highest BCUT2D eigenvalue weighted by Gasteiger charge is 2.23. The van der Waals surface area contributed by atoms with Gasteiger partial charge in [0, 0.05) is 6.61 Å². The van der Waals surface area contributed by atoms with Crippen LogP contribution in [-0.4, -0.2) is 44.5 Å². The van der Waals surface area contributed by atoms with Crippen molar-refractivity contribution in [3.05, 3.63) is 0 Å². The van der Waals surface area contributed by atoms with E-state index in [0.717, 1.165) is 19.4 Å². The van der Waals surface area contributed by atoms with Crippen molar-refractivity contribution in [3.63, 3.8) is 0 Å². The summed E-state index contributed by atoms with van der Waals surface area (Å²) in [5.74, 6) is -0.416. The van der Waals surface area contributed by atoms with Crippen molar-refractivity contribution in [1.82, 2.24) is 0 Å². The molecule has 0 aliphatic carbocycles.